The Labute approximate surface area is 131 Å². The molecule has 1 aromatic rings. The lowest BCUT2D eigenvalue weighted by molar-refractivity contribution is 0.0497. The maximum Gasteiger partial charge on any atom is 0.407 e. The van der Waals surface area contributed by atoms with E-state index in [1.54, 1.807) is 13.3 Å². The predicted octanol–water partition coefficient (Wildman–Crippen LogP) is 1.98. The molecule has 22 heavy (non-hydrogen) atoms. The molecule has 0 aliphatic carbocycles. The number of aromatic nitrogens is 2. The number of nitrogens with one attached hydrogen (secondary N) is 1. The Morgan fingerprint density at radius 2 is 2.05 bits per heavy atom. The Balaban J connectivity index is 1.84. The quantitative estimate of drug-likeness (QED) is 0.920. The van der Waals surface area contributed by atoms with Gasteiger partial charge in [-0.3, -0.25) is 0 Å². The summed E-state index contributed by atoms with van der Waals surface area (Å²) in [5.74, 6) is 0.850. The van der Waals surface area contributed by atoms with Gasteiger partial charge in [0.2, 0.25) is 0 Å². The van der Waals surface area contributed by atoms with Gasteiger partial charge in [0.1, 0.15) is 11.4 Å². The zero-order valence-corrected chi connectivity index (χ0v) is 13.6. The summed E-state index contributed by atoms with van der Waals surface area (Å²) in [7, 11) is 1.55. The molecule has 0 spiro atoms. The summed E-state index contributed by atoms with van der Waals surface area (Å²) in [4.78, 5) is 22.3. The molecule has 1 saturated heterocycles. The van der Waals surface area contributed by atoms with Crippen LogP contribution in [0.1, 0.15) is 33.6 Å². The Bertz CT molecular complexity index is 508. The molecule has 1 aliphatic heterocycles. The maximum atomic E-state index is 11.8. The van der Waals surface area contributed by atoms with Crippen molar-refractivity contribution in [3.63, 3.8) is 0 Å². The number of carbonyl (C=O) groups is 1. The summed E-state index contributed by atoms with van der Waals surface area (Å²) >= 11 is 0. The number of piperidine rings is 1. The maximum absolute atomic E-state index is 11.8. The van der Waals surface area contributed by atoms with Crippen molar-refractivity contribution in [3.05, 3.63) is 12.3 Å². The molecular weight excluding hydrogens is 284 g/mol. The van der Waals surface area contributed by atoms with Gasteiger partial charge in [0, 0.05) is 25.3 Å². The molecule has 0 bridgehead atoms. The van der Waals surface area contributed by atoms with E-state index >= 15 is 0 Å². The van der Waals surface area contributed by atoms with Crippen molar-refractivity contribution in [2.75, 3.05) is 25.1 Å². The fourth-order valence-electron chi connectivity index (χ4n) is 2.33. The van der Waals surface area contributed by atoms with Crippen LogP contribution in [0.2, 0.25) is 0 Å². The first-order valence-corrected chi connectivity index (χ1v) is 7.49. The van der Waals surface area contributed by atoms with Crippen LogP contribution in [0.15, 0.2) is 12.3 Å². The highest BCUT2D eigenvalue weighted by atomic mass is 16.6. The van der Waals surface area contributed by atoms with E-state index < -0.39 is 5.60 Å². The summed E-state index contributed by atoms with van der Waals surface area (Å²) in [5.41, 5.74) is -0.470. The van der Waals surface area contributed by atoms with Gasteiger partial charge >= 0.3 is 12.1 Å². The minimum Gasteiger partial charge on any atom is -0.467 e. The molecule has 1 fully saturated rings. The van der Waals surface area contributed by atoms with Gasteiger partial charge in [-0.1, -0.05) is 0 Å². The van der Waals surface area contributed by atoms with E-state index in [0.29, 0.717) is 6.01 Å². The molecular formula is C15H24N4O3. The number of anilines is 1. The van der Waals surface area contributed by atoms with Crippen LogP contribution in [-0.2, 0) is 4.74 Å². The van der Waals surface area contributed by atoms with Crippen molar-refractivity contribution in [3.8, 4) is 6.01 Å². The number of rotatable bonds is 3. The van der Waals surface area contributed by atoms with Crippen molar-refractivity contribution in [2.45, 2.75) is 45.3 Å². The molecule has 1 amide bonds. The third-order valence-corrected chi connectivity index (χ3v) is 3.34. The first-order chi connectivity index (χ1) is 10.4. The van der Waals surface area contributed by atoms with Crippen LogP contribution in [-0.4, -0.2) is 47.9 Å². The monoisotopic (exact) mass is 308 g/mol. The zero-order chi connectivity index (χ0) is 16.2. The number of hydrogen-bond acceptors (Lipinski definition) is 6. The molecule has 122 valence electrons. The molecule has 2 heterocycles. The molecule has 7 heteroatoms. The van der Waals surface area contributed by atoms with Gasteiger partial charge in [0.25, 0.3) is 0 Å². The number of carbonyl (C=O) groups excluding carboxylic acids is 1. The first kappa shape index (κ1) is 16.3. The topological polar surface area (TPSA) is 76.6 Å². The van der Waals surface area contributed by atoms with Gasteiger partial charge in [-0.05, 0) is 39.7 Å². The summed E-state index contributed by atoms with van der Waals surface area (Å²) in [6.45, 7) is 7.22. The Morgan fingerprint density at radius 3 is 2.64 bits per heavy atom. The minimum atomic E-state index is -0.470. The number of alkyl carbamates (subject to hydrolysis) is 1. The molecule has 1 N–H and O–H groups in total. The van der Waals surface area contributed by atoms with Gasteiger partial charge < -0.3 is 19.7 Å². The Kier molecular flexibility index (Phi) is 5.05. The lowest BCUT2D eigenvalue weighted by Crippen LogP contribution is -2.46. The Hall–Kier alpha value is -2.05. The molecule has 1 aliphatic rings. The summed E-state index contributed by atoms with van der Waals surface area (Å²) in [5, 5.41) is 2.92. The van der Waals surface area contributed by atoms with E-state index in [9.17, 15) is 4.79 Å². The van der Waals surface area contributed by atoms with Crippen molar-refractivity contribution >= 4 is 11.9 Å². The highest BCUT2D eigenvalue weighted by molar-refractivity contribution is 5.68. The van der Waals surface area contributed by atoms with E-state index in [2.05, 4.69) is 20.2 Å². The van der Waals surface area contributed by atoms with Crippen LogP contribution in [0.5, 0.6) is 6.01 Å². The molecule has 0 saturated carbocycles. The molecule has 2 rings (SSSR count). The lowest BCUT2D eigenvalue weighted by Gasteiger charge is -2.33. The van der Waals surface area contributed by atoms with Crippen LogP contribution in [0.25, 0.3) is 0 Å². The van der Waals surface area contributed by atoms with Crippen LogP contribution in [0, 0.1) is 0 Å². The second kappa shape index (κ2) is 6.81. The van der Waals surface area contributed by atoms with Crippen LogP contribution in [0.4, 0.5) is 10.6 Å². The van der Waals surface area contributed by atoms with E-state index in [1.165, 1.54) is 0 Å². The largest absolute Gasteiger partial charge is 0.467 e. The Morgan fingerprint density at radius 1 is 1.36 bits per heavy atom. The number of methoxy groups -OCH3 is 1. The van der Waals surface area contributed by atoms with E-state index in [4.69, 9.17) is 9.47 Å². The van der Waals surface area contributed by atoms with Crippen molar-refractivity contribution in [1.29, 1.82) is 0 Å². The number of hydrogen-bond donors (Lipinski definition) is 1. The molecule has 0 unspecified atom stereocenters. The number of ether oxygens (including phenoxy) is 2. The fraction of sp³-hybridized carbons (Fsp3) is 0.667. The normalized spacial score (nSPS) is 16.3. The third-order valence-electron chi connectivity index (χ3n) is 3.34. The predicted molar refractivity (Wildman–Crippen MR) is 83.2 cm³/mol. The van der Waals surface area contributed by atoms with Gasteiger partial charge in [-0.2, -0.15) is 4.98 Å². The summed E-state index contributed by atoms with van der Waals surface area (Å²) in [6.07, 6.45) is 3.04. The standard InChI is InChI=1S/C15H24N4O3/c1-15(2,3)22-14(20)17-11-6-9-19(10-7-11)12-5-8-16-13(18-12)21-4/h5,8,11H,6-7,9-10H2,1-4H3,(H,17,20). The van der Waals surface area contributed by atoms with E-state index in [1.807, 2.05) is 26.8 Å². The van der Waals surface area contributed by atoms with Crippen LogP contribution < -0.4 is 15.0 Å². The zero-order valence-electron chi connectivity index (χ0n) is 13.6. The summed E-state index contributed by atoms with van der Waals surface area (Å²) in [6, 6.07) is 2.37. The first-order valence-electron chi connectivity index (χ1n) is 7.49. The second-order valence-corrected chi connectivity index (χ2v) is 6.31. The van der Waals surface area contributed by atoms with E-state index in [0.717, 1.165) is 31.7 Å². The van der Waals surface area contributed by atoms with E-state index in [-0.39, 0.29) is 12.1 Å². The SMILES string of the molecule is COc1nccc(N2CCC(NC(=O)OC(C)(C)C)CC2)n1. The van der Waals surface area contributed by atoms with Crippen molar-refractivity contribution < 1.29 is 14.3 Å². The van der Waals surface area contributed by atoms with Crippen molar-refractivity contribution in [1.82, 2.24) is 15.3 Å². The minimum absolute atomic E-state index is 0.134. The molecule has 0 atom stereocenters. The average Bonchev–Trinajstić information content (AvgIpc) is 2.46. The molecule has 1 aromatic heterocycles. The number of nitrogens with zero attached hydrogens (tertiary/aromatic N) is 3. The van der Waals surface area contributed by atoms with Crippen molar-refractivity contribution in [2.24, 2.45) is 0 Å². The molecule has 0 aromatic carbocycles. The smallest absolute Gasteiger partial charge is 0.407 e. The van der Waals surface area contributed by atoms with Gasteiger partial charge in [0.05, 0.1) is 7.11 Å². The van der Waals surface area contributed by atoms with Crippen LogP contribution in [0.3, 0.4) is 0 Å². The van der Waals surface area contributed by atoms with Crippen LogP contribution >= 0.6 is 0 Å². The molecule has 7 nitrogen and oxygen atoms in total. The summed E-state index contributed by atoms with van der Waals surface area (Å²) < 4.78 is 10.3. The van der Waals surface area contributed by atoms with Gasteiger partial charge in [-0.15, -0.1) is 0 Å². The second-order valence-electron chi connectivity index (χ2n) is 6.31. The molecule has 0 radical (unpaired) electrons. The highest BCUT2D eigenvalue weighted by Crippen LogP contribution is 2.19. The lowest BCUT2D eigenvalue weighted by atomic mass is 10.1. The number of amides is 1. The third kappa shape index (κ3) is 4.75. The average molecular weight is 308 g/mol. The van der Waals surface area contributed by atoms with Gasteiger partial charge in [-0.25, -0.2) is 9.78 Å². The van der Waals surface area contributed by atoms with Gasteiger partial charge in [0.15, 0.2) is 0 Å². The highest BCUT2D eigenvalue weighted by Gasteiger charge is 2.24. The fourth-order valence-corrected chi connectivity index (χ4v) is 2.33.